The second kappa shape index (κ2) is 5.27. The number of alkyl halides is 1. The van der Waals surface area contributed by atoms with E-state index in [0.29, 0.717) is 0 Å². The van der Waals surface area contributed by atoms with Gasteiger partial charge in [-0.05, 0) is 19.8 Å². The first-order valence-electron chi connectivity index (χ1n) is 4.19. The van der Waals surface area contributed by atoms with Gasteiger partial charge in [-0.3, -0.25) is 0 Å². The van der Waals surface area contributed by atoms with Crippen molar-refractivity contribution in [2.75, 3.05) is 0 Å². The lowest BCUT2D eigenvalue weighted by Gasteiger charge is -2.25. The van der Waals surface area contributed by atoms with Gasteiger partial charge in [-0.25, -0.2) is 13.2 Å². The molecule has 0 fully saturated rings. The fourth-order valence-corrected chi connectivity index (χ4v) is 1.28. The minimum Gasteiger partial charge on any atom is -0.393 e. The monoisotopic (exact) mass is 196 g/mol. The highest BCUT2D eigenvalue weighted by Gasteiger charge is 2.30. The summed E-state index contributed by atoms with van der Waals surface area (Å²) in [5.41, 5.74) is 0. The summed E-state index contributed by atoms with van der Waals surface area (Å²) in [5.74, 6) is -2.95. The molecule has 1 nitrogen and oxygen atoms in total. The normalized spacial score (nSPS) is 22.2. The molecule has 1 unspecified atom stereocenters. The number of hydrogen-bond acceptors (Lipinski definition) is 1. The van der Waals surface area contributed by atoms with E-state index in [0.717, 1.165) is 0 Å². The van der Waals surface area contributed by atoms with Crippen LogP contribution in [0.4, 0.5) is 13.2 Å². The molecular weight excluding hydrogens is 181 g/mol. The molecule has 4 heteroatoms. The highest BCUT2D eigenvalue weighted by molar-refractivity contribution is 4.98. The molecule has 0 heterocycles. The van der Waals surface area contributed by atoms with Gasteiger partial charge in [0.1, 0.15) is 18.3 Å². The van der Waals surface area contributed by atoms with E-state index in [1.807, 2.05) is 0 Å². The van der Waals surface area contributed by atoms with Crippen LogP contribution in [0.5, 0.6) is 0 Å². The molecule has 0 aromatic carbocycles. The van der Waals surface area contributed by atoms with E-state index >= 15 is 0 Å². The first-order valence-corrected chi connectivity index (χ1v) is 4.19. The lowest BCUT2D eigenvalue weighted by Crippen LogP contribution is -2.29. The van der Waals surface area contributed by atoms with Gasteiger partial charge in [0.05, 0.1) is 6.10 Å². The quantitative estimate of drug-likeness (QED) is 0.733. The Morgan fingerprint density at radius 1 is 1.31 bits per heavy atom. The Morgan fingerprint density at radius 3 is 2.00 bits per heavy atom. The smallest absolute Gasteiger partial charge is 0.134 e. The van der Waals surface area contributed by atoms with Gasteiger partial charge in [0.2, 0.25) is 0 Å². The summed E-state index contributed by atoms with van der Waals surface area (Å²) in [7, 11) is 0. The van der Waals surface area contributed by atoms with Gasteiger partial charge in [-0.2, -0.15) is 0 Å². The summed E-state index contributed by atoms with van der Waals surface area (Å²) >= 11 is 0. The number of aliphatic hydroxyl groups is 1. The summed E-state index contributed by atoms with van der Waals surface area (Å²) in [6.45, 7) is 4.00. The van der Waals surface area contributed by atoms with Crippen molar-refractivity contribution in [2.45, 2.75) is 33.0 Å². The van der Waals surface area contributed by atoms with Gasteiger partial charge < -0.3 is 5.11 Å². The number of aliphatic hydroxyl groups excluding tert-OH is 1. The zero-order valence-corrected chi connectivity index (χ0v) is 7.97. The Morgan fingerprint density at radius 2 is 1.77 bits per heavy atom. The van der Waals surface area contributed by atoms with Gasteiger partial charge in [-0.15, -0.1) is 0 Å². The van der Waals surface area contributed by atoms with Gasteiger partial charge in [-0.1, -0.05) is 6.92 Å². The number of halogens is 3. The Labute approximate surface area is 76.3 Å². The lowest BCUT2D eigenvalue weighted by molar-refractivity contribution is 0.0695. The Balaban J connectivity index is 4.61. The predicted molar refractivity (Wildman–Crippen MR) is 45.2 cm³/mol. The third-order valence-electron chi connectivity index (χ3n) is 2.23. The molecule has 0 bridgehead atoms. The molecule has 0 saturated heterocycles. The molecular formula is C9H15F3O. The van der Waals surface area contributed by atoms with Gasteiger partial charge in [0.15, 0.2) is 0 Å². The van der Waals surface area contributed by atoms with Crippen molar-refractivity contribution in [3.05, 3.63) is 12.2 Å². The van der Waals surface area contributed by atoms with Crippen LogP contribution in [0.3, 0.4) is 0 Å². The molecule has 13 heavy (non-hydrogen) atoms. The molecule has 0 aliphatic carbocycles. The van der Waals surface area contributed by atoms with Crippen molar-refractivity contribution in [3.8, 4) is 0 Å². The van der Waals surface area contributed by atoms with E-state index < -0.39 is 29.9 Å². The first kappa shape index (κ1) is 12.5. The van der Waals surface area contributed by atoms with Crippen LogP contribution in [0.1, 0.15) is 20.8 Å². The maximum Gasteiger partial charge on any atom is 0.134 e. The van der Waals surface area contributed by atoms with Crippen LogP contribution in [-0.4, -0.2) is 17.4 Å². The molecule has 0 aliphatic rings. The van der Waals surface area contributed by atoms with Crippen LogP contribution in [-0.2, 0) is 0 Å². The van der Waals surface area contributed by atoms with E-state index in [2.05, 4.69) is 0 Å². The van der Waals surface area contributed by atoms with Crippen LogP contribution < -0.4 is 0 Å². The standard InChI is InChI=1S/C9H15F3O/c1-5(6(2)11)9(7(3)13)8(12)4-10/h4-7,9,13H,1-3H3/b8-4-/t5-,6+,7?,9-/m1/s1. The van der Waals surface area contributed by atoms with Crippen molar-refractivity contribution in [1.82, 2.24) is 0 Å². The Kier molecular flexibility index (Phi) is 5.06. The van der Waals surface area contributed by atoms with Crippen molar-refractivity contribution < 1.29 is 18.3 Å². The second-order valence-corrected chi connectivity index (χ2v) is 3.30. The highest BCUT2D eigenvalue weighted by Crippen LogP contribution is 2.29. The largest absolute Gasteiger partial charge is 0.393 e. The van der Waals surface area contributed by atoms with E-state index in [4.69, 9.17) is 5.11 Å². The average Bonchev–Trinajstić information content (AvgIpc) is 2.03. The van der Waals surface area contributed by atoms with Crippen molar-refractivity contribution >= 4 is 0 Å². The molecule has 1 N–H and O–H groups in total. The van der Waals surface area contributed by atoms with E-state index in [9.17, 15) is 13.2 Å². The Hall–Kier alpha value is -0.510. The SMILES string of the molecule is CC(O)[C@H](/C(F)=C/F)[C@H](C)[C@H](C)F. The molecule has 0 amide bonds. The average molecular weight is 196 g/mol. The zero-order valence-electron chi connectivity index (χ0n) is 7.97. The van der Waals surface area contributed by atoms with Crippen LogP contribution in [0.15, 0.2) is 12.2 Å². The van der Waals surface area contributed by atoms with Crippen LogP contribution in [0.2, 0.25) is 0 Å². The molecule has 78 valence electrons. The third kappa shape index (κ3) is 3.38. The van der Waals surface area contributed by atoms with Crippen LogP contribution >= 0.6 is 0 Å². The van der Waals surface area contributed by atoms with E-state index in [1.165, 1.54) is 20.8 Å². The van der Waals surface area contributed by atoms with Crippen LogP contribution in [0, 0.1) is 11.8 Å². The first-order chi connectivity index (χ1) is 5.91. The van der Waals surface area contributed by atoms with E-state index in [-0.39, 0.29) is 6.33 Å². The zero-order chi connectivity index (χ0) is 10.6. The molecule has 0 aromatic rings. The summed E-state index contributed by atoms with van der Waals surface area (Å²) in [4.78, 5) is 0. The topological polar surface area (TPSA) is 20.2 Å². The van der Waals surface area contributed by atoms with Crippen LogP contribution in [0.25, 0.3) is 0 Å². The second-order valence-electron chi connectivity index (χ2n) is 3.30. The summed E-state index contributed by atoms with van der Waals surface area (Å²) in [5, 5.41) is 9.12. The molecule has 0 radical (unpaired) electrons. The lowest BCUT2D eigenvalue weighted by atomic mass is 9.86. The molecule has 0 spiro atoms. The van der Waals surface area contributed by atoms with Crippen molar-refractivity contribution in [3.63, 3.8) is 0 Å². The van der Waals surface area contributed by atoms with Gasteiger partial charge >= 0.3 is 0 Å². The third-order valence-corrected chi connectivity index (χ3v) is 2.23. The van der Waals surface area contributed by atoms with Gasteiger partial charge in [0, 0.05) is 5.92 Å². The maximum atomic E-state index is 12.8. The molecule has 0 saturated carbocycles. The molecule has 4 atom stereocenters. The van der Waals surface area contributed by atoms with Crippen molar-refractivity contribution in [2.24, 2.45) is 11.8 Å². The number of hydrogen-bond donors (Lipinski definition) is 1. The summed E-state index contributed by atoms with van der Waals surface area (Å²) in [6.07, 6.45) is -2.61. The number of rotatable bonds is 4. The maximum absolute atomic E-state index is 12.8. The minimum atomic E-state index is -1.29. The summed E-state index contributed by atoms with van der Waals surface area (Å²) < 4.78 is 37.4. The fraction of sp³-hybridized carbons (Fsp3) is 0.778. The van der Waals surface area contributed by atoms with Crippen molar-refractivity contribution in [1.29, 1.82) is 0 Å². The highest BCUT2D eigenvalue weighted by atomic mass is 19.2. The molecule has 0 rings (SSSR count). The predicted octanol–water partition coefficient (Wildman–Crippen LogP) is 2.76. The Bertz CT molecular complexity index is 178. The summed E-state index contributed by atoms with van der Waals surface area (Å²) in [6, 6.07) is 0. The fourth-order valence-electron chi connectivity index (χ4n) is 1.28. The molecule has 0 aromatic heterocycles. The molecule has 0 aliphatic heterocycles. The minimum absolute atomic E-state index is 0.226. The van der Waals surface area contributed by atoms with Gasteiger partial charge in [0.25, 0.3) is 0 Å². The van der Waals surface area contributed by atoms with E-state index in [1.54, 1.807) is 0 Å².